The van der Waals surface area contributed by atoms with Gasteiger partial charge in [-0.1, -0.05) is 43.2 Å². The number of nitrogens with one attached hydrogen (secondary N) is 3. The van der Waals surface area contributed by atoms with Gasteiger partial charge in [-0.3, -0.25) is 19.8 Å². The van der Waals surface area contributed by atoms with Crippen LogP contribution in [-0.2, 0) is 14.8 Å². The summed E-state index contributed by atoms with van der Waals surface area (Å²) < 4.78 is 36.8. The molecular formula is C45H49ClN10O6S. The molecule has 16 nitrogen and oxygen atoms in total. The van der Waals surface area contributed by atoms with Gasteiger partial charge in [-0.15, -0.1) is 5.10 Å². The number of amides is 1. The molecule has 2 saturated heterocycles. The van der Waals surface area contributed by atoms with Gasteiger partial charge in [-0.2, -0.15) is 0 Å². The summed E-state index contributed by atoms with van der Waals surface area (Å²) in [6.45, 7) is 10.4. The van der Waals surface area contributed by atoms with Gasteiger partial charge in [-0.25, -0.2) is 33.0 Å². The molecule has 0 spiro atoms. The Morgan fingerprint density at radius 2 is 1.78 bits per heavy atom. The van der Waals surface area contributed by atoms with Crippen molar-refractivity contribution in [3.63, 3.8) is 0 Å². The van der Waals surface area contributed by atoms with E-state index in [1.165, 1.54) is 28.8 Å². The van der Waals surface area contributed by atoms with Crippen molar-refractivity contribution in [1.29, 1.82) is 0 Å². The van der Waals surface area contributed by atoms with Crippen LogP contribution in [0.4, 0.5) is 17.1 Å². The molecule has 18 heteroatoms. The minimum Gasteiger partial charge on any atom is -0.381 e. The number of aromatic amines is 1. The molecule has 3 N–H and O–H groups in total. The van der Waals surface area contributed by atoms with Gasteiger partial charge in [-0.05, 0) is 109 Å². The summed E-state index contributed by atoms with van der Waals surface area (Å²) >= 11 is 6.25. The molecule has 0 atom stereocenters. The Kier molecular flexibility index (Phi) is 11.7. The SMILES string of the molecule is CC1(C)CCC(CN2CCN(c3ccc(C(=O)NS(=O)(=O)c4ccc(NCC5CCOCC5)c([N+](=O)[O-])c4)c(-n4[nH]nc5nc6nccc6cc54)c3)CC2)=C(c2ccc(Cl)cc2)C1. The average Bonchev–Trinajstić information content (AvgIpc) is 3.92. The number of H-pyrrole nitrogens is 1. The highest BCUT2D eigenvalue weighted by Crippen LogP contribution is 2.43. The minimum absolute atomic E-state index is 0.0309. The van der Waals surface area contributed by atoms with Crippen LogP contribution in [0.25, 0.3) is 33.5 Å². The fraction of sp³-hybridized carbons (Fsp3) is 0.378. The predicted molar refractivity (Wildman–Crippen MR) is 243 cm³/mol. The number of halogens is 1. The number of nitro groups is 1. The minimum atomic E-state index is -4.57. The second-order valence-corrected chi connectivity index (χ2v) is 19.6. The smallest absolute Gasteiger partial charge is 0.293 e. The molecule has 3 aromatic carbocycles. The number of carbonyl (C=O) groups excluding carboxylic acids is 1. The van der Waals surface area contributed by atoms with E-state index >= 15 is 0 Å². The first-order valence-electron chi connectivity index (χ1n) is 21.2. The molecule has 63 heavy (non-hydrogen) atoms. The Morgan fingerprint density at radius 3 is 2.54 bits per heavy atom. The van der Waals surface area contributed by atoms with E-state index in [1.807, 2.05) is 36.4 Å². The molecule has 3 aliphatic rings. The number of nitrogens with zero attached hydrogens (tertiary/aromatic N) is 7. The third kappa shape index (κ3) is 9.14. The number of ether oxygens (including phenoxy) is 1. The zero-order chi connectivity index (χ0) is 43.9. The van der Waals surface area contributed by atoms with Crippen LogP contribution in [0.3, 0.4) is 0 Å². The number of nitro benzene ring substituents is 1. The molecule has 0 unspecified atom stereocenters. The first-order chi connectivity index (χ1) is 30.3. The maximum atomic E-state index is 14.2. The molecule has 0 radical (unpaired) electrons. The Labute approximate surface area is 369 Å². The summed E-state index contributed by atoms with van der Waals surface area (Å²) in [5, 5.41) is 24.1. The zero-order valence-electron chi connectivity index (χ0n) is 35.1. The number of anilines is 2. The molecule has 5 heterocycles. The van der Waals surface area contributed by atoms with Crippen molar-refractivity contribution in [1.82, 2.24) is 34.6 Å². The highest BCUT2D eigenvalue weighted by Gasteiger charge is 2.31. The van der Waals surface area contributed by atoms with E-state index in [-0.39, 0.29) is 22.6 Å². The third-order valence-electron chi connectivity index (χ3n) is 12.6. The number of sulfonamides is 1. The van der Waals surface area contributed by atoms with Crippen LogP contribution in [0.5, 0.6) is 0 Å². The van der Waals surface area contributed by atoms with Gasteiger partial charge in [0.15, 0.2) is 5.65 Å². The number of rotatable bonds is 12. The van der Waals surface area contributed by atoms with Crippen molar-refractivity contribution < 1.29 is 22.9 Å². The topological polar surface area (TPSA) is 194 Å². The van der Waals surface area contributed by atoms with Crippen molar-refractivity contribution in [3.8, 4) is 5.69 Å². The maximum Gasteiger partial charge on any atom is 0.293 e. The van der Waals surface area contributed by atoms with Crippen LogP contribution >= 0.6 is 11.6 Å². The lowest BCUT2D eigenvalue weighted by Crippen LogP contribution is -2.47. The largest absolute Gasteiger partial charge is 0.381 e. The predicted octanol–water partition coefficient (Wildman–Crippen LogP) is 7.60. The van der Waals surface area contributed by atoms with Gasteiger partial charge >= 0.3 is 0 Å². The van der Waals surface area contributed by atoms with Gasteiger partial charge in [0, 0.05) is 80.8 Å². The van der Waals surface area contributed by atoms with Crippen LogP contribution in [0.2, 0.25) is 5.02 Å². The molecule has 0 saturated carbocycles. The lowest BCUT2D eigenvalue weighted by Gasteiger charge is -2.39. The number of benzene rings is 3. The van der Waals surface area contributed by atoms with E-state index in [0.717, 1.165) is 87.0 Å². The lowest BCUT2D eigenvalue weighted by molar-refractivity contribution is -0.384. The summed E-state index contributed by atoms with van der Waals surface area (Å²) in [4.78, 5) is 38.9. The normalized spacial score (nSPS) is 17.7. The van der Waals surface area contributed by atoms with Crippen molar-refractivity contribution in [2.45, 2.75) is 50.8 Å². The molecular weight excluding hydrogens is 844 g/mol. The Morgan fingerprint density at radius 1 is 1.00 bits per heavy atom. The van der Waals surface area contributed by atoms with Crippen molar-refractivity contribution in [3.05, 3.63) is 111 Å². The van der Waals surface area contributed by atoms with Crippen LogP contribution in [0.1, 0.15) is 61.9 Å². The monoisotopic (exact) mass is 892 g/mol. The van der Waals surface area contributed by atoms with Crippen molar-refractivity contribution in [2.75, 3.05) is 62.7 Å². The Balaban J connectivity index is 0.976. The molecule has 1 aliphatic carbocycles. The van der Waals surface area contributed by atoms with Gasteiger partial charge in [0.1, 0.15) is 11.2 Å². The van der Waals surface area contributed by atoms with E-state index in [1.54, 1.807) is 16.9 Å². The Hall–Kier alpha value is -5.88. The van der Waals surface area contributed by atoms with Crippen LogP contribution in [-0.4, -0.2) is 102 Å². The lowest BCUT2D eigenvalue weighted by atomic mass is 9.72. The van der Waals surface area contributed by atoms with Crippen LogP contribution in [0.15, 0.2) is 89.5 Å². The third-order valence-corrected chi connectivity index (χ3v) is 14.1. The second kappa shape index (κ2) is 17.4. The second-order valence-electron chi connectivity index (χ2n) is 17.4. The molecule has 9 rings (SSSR count). The standard InChI is InChI=1S/C45H49ClN10O6S/c1-45(2)15-11-32(37(26-45)30-3-5-33(46)6-4-30)28-53-17-19-54(20-18-53)34-7-9-36(39(24-34)55-41-23-31-12-16-47-42(31)49-43(41)50-52-55)44(57)51-63(60,61)35-8-10-38(40(25-35)56(58)59)48-27-29-13-21-62-22-14-29/h3-10,12,16,23-25,29,48,52H,11,13-15,17-22,26-28H2,1-2H3,(H,51,57). The molecule has 2 aliphatic heterocycles. The number of fused-ring (bicyclic) bond motifs is 2. The van der Waals surface area contributed by atoms with E-state index < -0.39 is 31.4 Å². The fourth-order valence-corrected chi connectivity index (χ4v) is 10.0. The summed E-state index contributed by atoms with van der Waals surface area (Å²) in [6.07, 6.45) is 6.48. The first kappa shape index (κ1) is 42.4. The van der Waals surface area contributed by atoms with Crippen LogP contribution < -0.4 is 14.9 Å². The highest BCUT2D eigenvalue weighted by molar-refractivity contribution is 7.90. The van der Waals surface area contributed by atoms with Gasteiger partial charge < -0.3 is 15.0 Å². The number of hydrogen-bond acceptors (Lipinski definition) is 12. The molecule has 2 fully saturated rings. The van der Waals surface area contributed by atoms with Crippen molar-refractivity contribution >= 4 is 72.4 Å². The molecule has 1 amide bonds. The van der Waals surface area contributed by atoms with E-state index in [4.69, 9.17) is 16.3 Å². The summed E-state index contributed by atoms with van der Waals surface area (Å²) in [6, 6.07) is 20.7. The number of aromatic nitrogens is 5. The number of hydrogen-bond donors (Lipinski definition) is 3. The zero-order valence-corrected chi connectivity index (χ0v) is 36.7. The van der Waals surface area contributed by atoms with E-state index in [2.05, 4.69) is 66.1 Å². The quantitative estimate of drug-likeness (QED) is 0.0806. The number of carbonyl (C=O) groups is 1. The highest BCUT2D eigenvalue weighted by atomic mass is 35.5. The number of piperazine rings is 1. The summed E-state index contributed by atoms with van der Waals surface area (Å²) in [5.74, 6) is -0.656. The molecule has 328 valence electrons. The summed E-state index contributed by atoms with van der Waals surface area (Å²) in [5.41, 5.74) is 6.74. The van der Waals surface area contributed by atoms with Gasteiger partial charge in [0.2, 0.25) is 5.65 Å². The Bertz CT molecular complexity index is 2840. The van der Waals surface area contributed by atoms with Crippen LogP contribution in [0, 0.1) is 21.4 Å². The average molecular weight is 893 g/mol. The van der Waals surface area contributed by atoms with Gasteiger partial charge in [0.25, 0.3) is 21.6 Å². The van der Waals surface area contributed by atoms with Gasteiger partial charge in [0.05, 0.1) is 21.1 Å². The molecule has 3 aromatic heterocycles. The van der Waals surface area contributed by atoms with E-state index in [9.17, 15) is 23.3 Å². The maximum absolute atomic E-state index is 14.2. The first-order valence-corrected chi connectivity index (χ1v) is 23.1. The van der Waals surface area contributed by atoms with E-state index in [0.29, 0.717) is 42.3 Å². The van der Waals surface area contributed by atoms with Crippen molar-refractivity contribution in [2.24, 2.45) is 11.3 Å². The molecule has 0 bridgehead atoms. The summed E-state index contributed by atoms with van der Waals surface area (Å²) in [7, 11) is -4.57. The molecule has 6 aromatic rings. The fourth-order valence-electron chi connectivity index (χ4n) is 8.91. The number of allylic oxidation sites excluding steroid dienone is 1. The number of pyridine rings is 1.